The van der Waals surface area contributed by atoms with Crippen LogP contribution in [0.5, 0.6) is 0 Å². The summed E-state index contributed by atoms with van der Waals surface area (Å²) in [4.78, 5) is 0. The van der Waals surface area contributed by atoms with E-state index in [4.69, 9.17) is 0 Å². The van der Waals surface area contributed by atoms with Gasteiger partial charge < -0.3 is 0 Å². The average Bonchev–Trinajstić information content (AvgIpc) is 2.86. The summed E-state index contributed by atoms with van der Waals surface area (Å²) in [5.74, 6) is 0. The van der Waals surface area contributed by atoms with E-state index >= 15 is 0 Å². The van der Waals surface area contributed by atoms with Gasteiger partial charge in [-0.15, -0.1) is 5.41 Å². The van der Waals surface area contributed by atoms with Gasteiger partial charge in [-0.1, -0.05) is 126 Å². The average molecular weight is 831 g/mol. The normalized spacial score (nSPS) is 16.2. The standard InChI is InChI=1S/C23H21.2Rf/c1-22(2)17-23(18-11-5-3-6-12-18,19-13-7-4-8-14-19)21-16-10-9-15-20(21)22;;/h3-17H,1-2H3;;/q-1;;. The van der Waals surface area contributed by atoms with Gasteiger partial charge in [0.2, 0.25) is 0 Å². The van der Waals surface area contributed by atoms with Gasteiger partial charge in [-0.2, -0.15) is 0 Å². The van der Waals surface area contributed by atoms with Crippen molar-refractivity contribution in [3.8, 4) is 0 Å². The summed E-state index contributed by atoms with van der Waals surface area (Å²) in [5, 5.41) is 0. The van der Waals surface area contributed by atoms with E-state index in [1.54, 1.807) is 0 Å². The van der Waals surface area contributed by atoms with Crippen LogP contribution in [0, 0.1) is 6.42 Å². The molecule has 0 unspecified atom stereocenters. The molecule has 0 saturated heterocycles. The Morgan fingerprint density at radius 3 is 1.44 bits per heavy atom. The Bertz CT molecular complexity index is 783. The van der Waals surface area contributed by atoms with Gasteiger partial charge >= 0.3 is 0 Å². The zero-order valence-corrected chi connectivity index (χ0v) is 27.9. The van der Waals surface area contributed by atoms with Crippen molar-refractivity contribution < 1.29 is 0 Å². The third kappa shape index (κ3) is 2.21. The quantitative estimate of drug-likeness (QED) is 0.299. The second-order valence-electron chi connectivity index (χ2n) is 6.95. The van der Waals surface area contributed by atoms with E-state index in [2.05, 4.69) is 105 Å². The number of fused-ring (bicyclic) bond motifs is 1. The Labute approximate surface area is 138 Å². The fourth-order valence-corrected chi connectivity index (χ4v) is 4.13. The fourth-order valence-electron chi connectivity index (χ4n) is 4.13. The molecule has 0 atom stereocenters. The molecule has 0 aliphatic heterocycles. The van der Waals surface area contributed by atoms with Gasteiger partial charge in [0, 0.05) is 0 Å². The minimum absolute atomic E-state index is 0. The largest absolute Gasteiger partial charge is 0.300 e. The molecule has 0 heterocycles. The molecule has 1 aliphatic rings. The second-order valence-corrected chi connectivity index (χ2v) is 6.95. The van der Waals surface area contributed by atoms with Crippen LogP contribution in [-0.2, 0) is 10.8 Å². The van der Waals surface area contributed by atoms with Crippen LogP contribution in [0.4, 0.5) is 0 Å². The SMILES string of the molecule is CC1(C)[CH-]C(c2ccccc2)(c2ccccc2)c2ccccc21.[Rf].[Rf]. The fraction of sp³-hybridized carbons (Fsp3) is 0.174. The van der Waals surface area contributed by atoms with E-state index in [9.17, 15) is 0 Å². The molecule has 0 radical (unpaired) electrons. The molecule has 25 heavy (non-hydrogen) atoms. The van der Waals surface area contributed by atoms with Gasteiger partial charge in [0.05, 0.1) is 0 Å². The Hall–Kier alpha value is -4.34. The van der Waals surface area contributed by atoms with Crippen molar-refractivity contribution in [1.29, 1.82) is 0 Å². The molecule has 0 aromatic heterocycles. The number of hydrogen-bond donors (Lipinski definition) is 0. The van der Waals surface area contributed by atoms with Crippen LogP contribution in [-0.4, -0.2) is 0 Å². The van der Waals surface area contributed by atoms with Crippen LogP contribution in [0.25, 0.3) is 0 Å². The maximum absolute atomic E-state index is 2.52. The molecule has 0 spiro atoms. The van der Waals surface area contributed by atoms with Gasteiger partial charge in [-0.25, -0.2) is 0 Å². The molecule has 3 aromatic rings. The van der Waals surface area contributed by atoms with E-state index in [0.717, 1.165) is 0 Å². The smallest absolute Gasteiger partial charge is 0 e. The summed E-state index contributed by atoms with van der Waals surface area (Å²) >= 11 is 0. The zero-order chi connectivity index (χ0) is 15.9. The minimum Gasteiger partial charge on any atom is -0.300 e. The first-order valence-electron chi connectivity index (χ1n) is 8.23. The second kappa shape index (κ2) is 5.70. The van der Waals surface area contributed by atoms with Gasteiger partial charge in [0.1, 0.15) is 0 Å². The van der Waals surface area contributed by atoms with Gasteiger partial charge in [-0.05, 0) is 0 Å². The van der Waals surface area contributed by atoms with Crippen molar-refractivity contribution in [1.82, 2.24) is 0 Å². The predicted octanol–water partition coefficient (Wildman–Crippen LogP) is 5.52. The van der Waals surface area contributed by atoms with Crippen molar-refractivity contribution in [2.75, 3.05) is 0 Å². The Kier molecular flexibility index (Phi) is 3.88. The first-order valence-corrected chi connectivity index (χ1v) is 8.23. The van der Waals surface area contributed by atoms with Crippen LogP contribution in [0.1, 0.15) is 36.1 Å². The molecule has 0 fully saturated rings. The van der Waals surface area contributed by atoms with Crippen LogP contribution < -0.4 is 0 Å². The van der Waals surface area contributed by atoms with E-state index in [0.29, 0.717) is 0 Å². The Morgan fingerprint density at radius 1 is 0.560 bits per heavy atom. The van der Waals surface area contributed by atoms with Crippen LogP contribution >= 0.6 is 0 Å². The van der Waals surface area contributed by atoms with Gasteiger partial charge in [0.15, 0.2) is 0 Å². The Balaban J connectivity index is 0.00000113. The molecule has 118 valence electrons. The van der Waals surface area contributed by atoms with Gasteiger partial charge in [-0.3, -0.25) is 6.42 Å². The van der Waals surface area contributed by atoms with Crippen LogP contribution in [0.2, 0.25) is 0 Å². The molecule has 0 N–H and O–H groups in total. The molecular formula is C23H21Rf2-. The zero-order valence-electron chi connectivity index (χ0n) is 15.1. The number of benzene rings is 3. The maximum atomic E-state index is 2.52. The summed E-state index contributed by atoms with van der Waals surface area (Å²) in [5.41, 5.74) is 5.37. The number of rotatable bonds is 2. The third-order valence-electron chi connectivity index (χ3n) is 5.08. The first-order chi connectivity index (χ1) is 11.1. The molecule has 4 rings (SSSR count). The molecule has 1 aliphatic carbocycles. The predicted molar refractivity (Wildman–Crippen MR) is 96.5 cm³/mol. The summed E-state index contributed by atoms with van der Waals surface area (Å²) in [6, 6.07) is 30.6. The van der Waals surface area contributed by atoms with Crippen molar-refractivity contribution in [2.24, 2.45) is 0 Å². The van der Waals surface area contributed by atoms with Crippen LogP contribution in [0.15, 0.2) is 84.9 Å². The molecule has 0 nitrogen and oxygen atoms in total. The minimum atomic E-state index is -0.178. The molecule has 2 heteroatoms. The van der Waals surface area contributed by atoms with E-state index in [-0.39, 0.29) is 10.8 Å². The van der Waals surface area contributed by atoms with Crippen molar-refractivity contribution in [3.63, 3.8) is 0 Å². The van der Waals surface area contributed by atoms with Crippen molar-refractivity contribution in [3.05, 3.63) is 114 Å². The summed E-state index contributed by atoms with van der Waals surface area (Å²) in [6.07, 6.45) is 2.52. The number of hydrogen-bond acceptors (Lipinski definition) is 0. The monoisotopic (exact) mass is 831 g/mol. The molecule has 0 bridgehead atoms. The molecule has 3 aromatic carbocycles. The van der Waals surface area contributed by atoms with E-state index < -0.39 is 0 Å². The third-order valence-corrected chi connectivity index (χ3v) is 5.08. The van der Waals surface area contributed by atoms with E-state index in [1.165, 1.54) is 22.3 Å². The Morgan fingerprint density at radius 2 is 0.960 bits per heavy atom. The van der Waals surface area contributed by atoms with E-state index in [1.807, 2.05) is 0 Å². The van der Waals surface area contributed by atoms with Crippen molar-refractivity contribution in [2.45, 2.75) is 24.7 Å². The summed E-state index contributed by atoms with van der Waals surface area (Å²) in [7, 11) is 0. The van der Waals surface area contributed by atoms with Crippen molar-refractivity contribution >= 4 is 0 Å². The molecular weight excluding hydrogens is 810 g/mol. The van der Waals surface area contributed by atoms with Gasteiger partial charge in [0.25, 0.3) is 0 Å². The first kappa shape index (κ1) is 17.0. The summed E-state index contributed by atoms with van der Waals surface area (Å²) in [6.45, 7) is 4.64. The molecule has 0 amide bonds. The summed E-state index contributed by atoms with van der Waals surface area (Å²) < 4.78 is 0. The van der Waals surface area contributed by atoms with Crippen LogP contribution in [0.3, 0.4) is 0 Å². The topological polar surface area (TPSA) is 0 Å². The molecule has 0 saturated carbocycles. The maximum Gasteiger partial charge on any atom is 0 e.